The molecule has 3 rings (SSSR count). The van der Waals surface area contributed by atoms with E-state index in [1.807, 2.05) is 17.5 Å². The minimum absolute atomic E-state index is 0.0111. The molecule has 3 heterocycles. The number of aromatic nitrogens is 2. The van der Waals surface area contributed by atoms with Crippen molar-refractivity contribution in [2.45, 2.75) is 12.6 Å². The van der Waals surface area contributed by atoms with Crippen molar-refractivity contribution in [1.82, 2.24) is 9.97 Å². The van der Waals surface area contributed by atoms with E-state index in [0.717, 1.165) is 26.6 Å². The fourth-order valence-corrected chi connectivity index (χ4v) is 4.06. The Balaban J connectivity index is 1.62. The molecule has 0 fully saturated rings. The lowest BCUT2D eigenvalue weighted by Gasteiger charge is -2.01. The fourth-order valence-electron chi connectivity index (χ4n) is 1.69. The van der Waals surface area contributed by atoms with Gasteiger partial charge in [-0.15, -0.1) is 34.0 Å². The number of thiazole rings is 2. The molecule has 0 bridgehead atoms. The van der Waals surface area contributed by atoms with E-state index in [-0.39, 0.29) is 11.6 Å². The molecule has 10 heteroatoms. The number of carbonyl (C=O) groups is 1. The number of hydrogen-bond donors (Lipinski definition) is 1. The highest BCUT2D eigenvalue weighted by Crippen LogP contribution is 2.32. The summed E-state index contributed by atoms with van der Waals surface area (Å²) in [4.78, 5) is 20.6. The molecule has 0 saturated carbocycles. The van der Waals surface area contributed by atoms with Crippen LogP contribution >= 0.6 is 34.0 Å². The maximum absolute atomic E-state index is 12.4. The lowest BCUT2D eigenvalue weighted by molar-refractivity contribution is -0.140. The second-order valence-corrected chi connectivity index (χ2v) is 7.05. The maximum Gasteiger partial charge on any atom is 0.434 e. The molecule has 3 aromatic heterocycles. The Labute approximate surface area is 140 Å². The summed E-state index contributed by atoms with van der Waals surface area (Å²) in [7, 11) is 0. The second kappa shape index (κ2) is 6.38. The summed E-state index contributed by atoms with van der Waals surface area (Å²) in [5, 5.41) is 7.67. The molecule has 0 aliphatic heterocycles. The third-order valence-electron chi connectivity index (χ3n) is 2.67. The topological polar surface area (TPSA) is 54.9 Å². The quantitative estimate of drug-likeness (QED) is 0.729. The molecule has 0 aliphatic rings. The second-order valence-electron chi connectivity index (χ2n) is 4.38. The third kappa shape index (κ3) is 3.95. The van der Waals surface area contributed by atoms with E-state index >= 15 is 0 Å². The molecule has 120 valence electrons. The van der Waals surface area contributed by atoms with Crippen molar-refractivity contribution in [2.24, 2.45) is 0 Å². The van der Waals surface area contributed by atoms with Crippen LogP contribution in [0.1, 0.15) is 11.4 Å². The summed E-state index contributed by atoms with van der Waals surface area (Å²) >= 11 is 3.71. The molecule has 0 aliphatic carbocycles. The maximum atomic E-state index is 12.4. The molecule has 4 nitrogen and oxygen atoms in total. The van der Waals surface area contributed by atoms with Crippen LogP contribution in [0.3, 0.4) is 0 Å². The van der Waals surface area contributed by atoms with Gasteiger partial charge in [0.2, 0.25) is 5.91 Å². The van der Waals surface area contributed by atoms with E-state index < -0.39 is 17.8 Å². The Morgan fingerprint density at radius 3 is 2.65 bits per heavy atom. The zero-order valence-electron chi connectivity index (χ0n) is 11.3. The van der Waals surface area contributed by atoms with Gasteiger partial charge in [0.25, 0.3) is 0 Å². The van der Waals surface area contributed by atoms with Gasteiger partial charge in [-0.25, -0.2) is 9.97 Å². The normalized spacial score (nSPS) is 11.6. The molecule has 0 unspecified atom stereocenters. The van der Waals surface area contributed by atoms with Crippen LogP contribution in [-0.2, 0) is 17.4 Å². The Morgan fingerprint density at radius 2 is 2.00 bits per heavy atom. The average Bonchev–Trinajstić information content (AvgIpc) is 3.17. The molecule has 1 amide bonds. The van der Waals surface area contributed by atoms with Crippen molar-refractivity contribution < 1.29 is 18.0 Å². The summed E-state index contributed by atoms with van der Waals surface area (Å²) < 4.78 is 37.3. The molecule has 3 aromatic rings. The van der Waals surface area contributed by atoms with Crippen molar-refractivity contribution >= 4 is 45.0 Å². The first kappa shape index (κ1) is 16.1. The Hall–Kier alpha value is -1.78. The summed E-state index contributed by atoms with van der Waals surface area (Å²) in [5.41, 5.74) is -0.435. The van der Waals surface area contributed by atoms with Gasteiger partial charge in [-0.2, -0.15) is 13.2 Å². The van der Waals surface area contributed by atoms with Crippen molar-refractivity contribution in [3.05, 3.63) is 39.7 Å². The Kier molecular flexibility index (Phi) is 4.46. The standard InChI is InChI=1S/C13H8F3N3OS3/c14-13(15,16)9-6-23-12(18-9)19-10(20)4-7-5-22-11(17-7)8-2-1-3-21-8/h1-3,5-6H,4H2,(H,18,19,20). The van der Waals surface area contributed by atoms with Gasteiger partial charge in [0.15, 0.2) is 10.8 Å². The highest BCUT2D eigenvalue weighted by Gasteiger charge is 2.33. The fraction of sp³-hybridized carbons (Fsp3) is 0.154. The van der Waals surface area contributed by atoms with Crippen LogP contribution in [0.5, 0.6) is 0 Å². The lowest BCUT2D eigenvalue weighted by Crippen LogP contribution is -2.15. The first-order valence-corrected chi connectivity index (χ1v) is 8.86. The first-order valence-electron chi connectivity index (χ1n) is 6.22. The number of halogens is 3. The average molecular weight is 375 g/mol. The number of rotatable bonds is 4. The van der Waals surface area contributed by atoms with Crippen molar-refractivity contribution in [3.8, 4) is 9.88 Å². The molecule has 0 saturated heterocycles. The van der Waals surface area contributed by atoms with Crippen molar-refractivity contribution in [2.75, 3.05) is 5.32 Å². The minimum atomic E-state index is -4.51. The summed E-state index contributed by atoms with van der Waals surface area (Å²) in [6.07, 6.45) is -4.52. The number of anilines is 1. The Morgan fingerprint density at radius 1 is 1.17 bits per heavy atom. The number of nitrogens with zero attached hydrogens (tertiary/aromatic N) is 2. The number of carbonyl (C=O) groups excluding carboxylic acids is 1. The van der Waals surface area contributed by atoms with E-state index in [2.05, 4.69) is 15.3 Å². The van der Waals surface area contributed by atoms with E-state index in [4.69, 9.17) is 0 Å². The van der Waals surface area contributed by atoms with Crippen LogP contribution < -0.4 is 5.32 Å². The molecule has 0 atom stereocenters. The van der Waals surface area contributed by atoms with Gasteiger partial charge in [0.1, 0.15) is 5.01 Å². The number of nitrogens with one attached hydrogen (secondary N) is 1. The molecule has 23 heavy (non-hydrogen) atoms. The third-order valence-corrected chi connectivity index (χ3v) is 5.35. The summed E-state index contributed by atoms with van der Waals surface area (Å²) in [6, 6.07) is 3.84. The van der Waals surface area contributed by atoms with E-state index in [0.29, 0.717) is 5.69 Å². The zero-order chi connectivity index (χ0) is 16.4. The summed E-state index contributed by atoms with van der Waals surface area (Å²) in [6.45, 7) is 0. The molecule has 0 spiro atoms. The lowest BCUT2D eigenvalue weighted by atomic mass is 10.3. The SMILES string of the molecule is O=C(Cc1csc(-c2cccs2)n1)Nc1nc(C(F)(F)F)cs1. The van der Waals surface area contributed by atoms with Crippen molar-refractivity contribution in [1.29, 1.82) is 0 Å². The smallest absolute Gasteiger partial charge is 0.302 e. The van der Waals surface area contributed by atoms with E-state index in [1.54, 1.807) is 16.7 Å². The first-order chi connectivity index (χ1) is 10.9. The molecule has 0 aromatic carbocycles. The van der Waals surface area contributed by atoms with Crippen LogP contribution in [0.25, 0.3) is 9.88 Å². The monoisotopic (exact) mass is 375 g/mol. The molecule has 1 N–H and O–H groups in total. The van der Waals surface area contributed by atoms with Gasteiger partial charge in [0, 0.05) is 10.8 Å². The van der Waals surface area contributed by atoms with Gasteiger partial charge >= 0.3 is 6.18 Å². The van der Waals surface area contributed by atoms with Gasteiger partial charge < -0.3 is 5.32 Å². The van der Waals surface area contributed by atoms with Gasteiger partial charge in [-0.3, -0.25) is 4.79 Å². The predicted octanol–water partition coefficient (Wildman–Crippen LogP) is 4.53. The number of hydrogen-bond acceptors (Lipinski definition) is 6. The van der Waals surface area contributed by atoms with Gasteiger partial charge in [-0.05, 0) is 11.4 Å². The van der Waals surface area contributed by atoms with Gasteiger partial charge in [0.05, 0.1) is 17.0 Å². The van der Waals surface area contributed by atoms with Crippen LogP contribution in [-0.4, -0.2) is 15.9 Å². The number of alkyl halides is 3. The van der Waals surface area contributed by atoms with E-state index in [1.165, 1.54) is 11.3 Å². The van der Waals surface area contributed by atoms with Crippen LogP contribution in [0.2, 0.25) is 0 Å². The highest BCUT2D eigenvalue weighted by molar-refractivity contribution is 7.20. The largest absolute Gasteiger partial charge is 0.434 e. The predicted molar refractivity (Wildman–Crippen MR) is 84.9 cm³/mol. The molecular weight excluding hydrogens is 367 g/mol. The van der Waals surface area contributed by atoms with E-state index in [9.17, 15) is 18.0 Å². The van der Waals surface area contributed by atoms with Gasteiger partial charge in [-0.1, -0.05) is 6.07 Å². The van der Waals surface area contributed by atoms with Crippen LogP contribution in [0, 0.1) is 0 Å². The highest BCUT2D eigenvalue weighted by atomic mass is 32.1. The van der Waals surface area contributed by atoms with Crippen LogP contribution in [0.15, 0.2) is 28.3 Å². The number of thiophene rings is 1. The zero-order valence-corrected chi connectivity index (χ0v) is 13.7. The van der Waals surface area contributed by atoms with Crippen molar-refractivity contribution in [3.63, 3.8) is 0 Å². The Bertz CT molecular complexity index is 808. The minimum Gasteiger partial charge on any atom is -0.302 e. The molecular formula is C13H8F3N3OS3. The summed E-state index contributed by atoms with van der Waals surface area (Å²) in [5.74, 6) is -0.448. The van der Waals surface area contributed by atoms with Crippen LogP contribution in [0.4, 0.5) is 18.3 Å². The number of amides is 1. The molecule has 0 radical (unpaired) electrons.